The van der Waals surface area contributed by atoms with E-state index in [0.717, 1.165) is 12.8 Å². The van der Waals surface area contributed by atoms with Crippen LogP contribution in [0.3, 0.4) is 0 Å². The van der Waals surface area contributed by atoms with Gasteiger partial charge in [-0.15, -0.1) is 10.2 Å². The van der Waals surface area contributed by atoms with Gasteiger partial charge in [0.1, 0.15) is 6.33 Å². The number of amidine groups is 1. The van der Waals surface area contributed by atoms with Crippen LogP contribution in [-0.2, 0) is 11.8 Å². The van der Waals surface area contributed by atoms with Gasteiger partial charge in [0.05, 0.1) is 24.0 Å². The lowest BCUT2D eigenvalue weighted by Crippen LogP contribution is -2.22. The highest BCUT2D eigenvalue weighted by Gasteiger charge is 2.30. The van der Waals surface area contributed by atoms with E-state index in [0.29, 0.717) is 34.2 Å². The van der Waals surface area contributed by atoms with Crippen molar-refractivity contribution in [3.63, 3.8) is 0 Å². The number of carbonyl (C=O) groups is 1. The molecule has 1 aliphatic carbocycles. The predicted molar refractivity (Wildman–Crippen MR) is 122 cm³/mol. The number of hydrogen-bond donors (Lipinski definition) is 3. The number of amides is 1. The number of carbonyl (C=O) groups excluding carboxylic acids is 1. The molecule has 168 valence electrons. The minimum absolute atomic E-state index is 0.0158. The zero-order chi connectivity index (χ0) is 23.4. The molecule has 0 atom stereocenters. The second kappa shape index (κ2) is 9.31. The molecule has 33 heavy (non-hydrogen) atoms. The van der Waals surface area contributed by atoms with Crippen LogP contribution in [-0.4, -0.2) is 50.9 Å². The van der Waals surface area contributed by atoms with Crippen molar-refractivity contribution in [2.24, 2.45) is 18.0 Å². The lowest BCUT2D eigenvalue weighted by molar-refractivity contribution is -0.117. The fraction of sp³-hybridized carbons (Fsp3) is 0.286. The molecule has 4 rings (SSSR count). The number of anilines is 3. The summed E-state index contributed by atoms with van der Waals surface area (Å²) < 4.78 is 7.27. The molecule has 1 aliphatic rings. The first-order valence-corrected chi connectivity index (χ1v) is 10.1. The molecule has 0 spiro atoms. The van der Waals surface area contributed by atoms with E-state index in [1.54, 1.807) is 31.2 Å². The van der Waals surface area contributed by atoms with Gasteiger partial charge in [0.2, 0.25) is 11.7 Å². The molecule has 12 heteroatoms. The van der Waals surface area contributed by atoms with Gasteiger partial charge in [-0.2, -0.15) is 16.6 Å². The monoisotopic (exact) mass is 446 g/mol. The van der Waals surface area contributed by atoms with Crippen molar-refractivity contribution in [3.05, 3.63) is 47.8 Å². The highest BCUT2D eigenvalue weighted by Crippen LogP contribution is 2.37. The maximum absolute atomic E-state index is 12.2. The van der Waals surface area contributed by atoms with E-state index >= 15 is 0 Å². The average Bonchev–Trinajstić information content (AvgIpc) is 3.58. The lowest BCUT2D eigenvalue weighted by atomic mass is 10.1. The first kappa shape index (κ1) is 21.7. The number of ether oxygens (including phenoxy) is 1. The summed E-state index contributed by atoms with van der Waals surface area (Å²) in [4.78, 5) is 23.8. The maximum Gasteiger partial charge on any atom is 0.228 e. The first-order valence-electron chi connectivity index (χ1n) is 10.1. The number of nitrogens with zero attached hydrogens (tertiary/aromatic N) is 7. The molecule has 1 fully saturated rings. The standard InChI is InChI=1S/C21H22N10O2/c1-22-20(29-23-2)17-15(10-16(27-28-17)26-21(32)12-8-9-12)25-14-7-5-6-13(18(14)33-4)19-24-11-31(3)30-19/h5-7,10-12H,8-9H2,1,3-4H3,(H,22,29)(H2,25,26,27,32). The minimum atomic E-state index is -0.0903. The van der Waals surface area contributed by atoms with E-state index in [9.17, 15) is 4.79 Å². The number of para-hydroxylation sites is 1. The van der Waals surface area contributed by atoms with Gasteiger partial charge >= 0.3 is 0 Å². The summed E-state index contributed by atoms with van der Waals surface area (Å²) in [5.41, 5.74) is 4.56. The number of rotatable bonds is 7. The van der Waals surface area contributed by atoms with Crippen LogP contribution in [0.5, 0.6) is 5.75 Å². The van der Waals surface area contributed by atoms with Crippen molar-refractivity contribution in [3.8, 4) is 17.1 Å². The Kier molecular flexibility index (Phi) is 6.12. The molecule has 3 N–H and O–H groups in total. The molecule has 12 nitrogen and oxygen atoms in total. The SMILES string of the molecule is [C-]#[N+]NC(=NC)c1nnc(NC(=O)C2CC2)cc1Nc1cccc(-c2ncn(C)n2)c1OC. The summed E-state index contributed by atoms with van der Waals surface area (Å²) in [5.74, 6) is 1.46. The van der Waals surface area contributed by atoms with Gasteiger partial charge in [-0.1, -0.05) is 11.5 Å². The third-order valence-corrected chi connectivity index (χ3v) is 4.93. The predicted octanol–water partition coefficient (Wildman–Crippen LogP) is 2.17. The van der Waals surface area contributed by atoms with E-state index in [1.807, 2.05) is 18.2 Å². The zero-order valence-electron chi connectivity index (χ0n) is 18.3. The van der Waals surface area contributed by atoms with Crippen LogP contribution in [0, 0.1) is 12.5 Å². The average molecular weight is 446 g/mol. The van der Waals surface area contributed by atoms with Crippen molar-refractivity contribution in [1.82, 2.24) is 30.4 Å². The van der Waals surface area contributed by atoms with Crippen LogP contribution in [0.25, 0.3) is 16.3 Å². The Labute approximate surface area is 189 Å². The van der Waals surface area contributed by atoms with Crippen molar-refractivity contribution in [2.45, 2.75) is 12.8 Å². The Bertz CT molecular complexity index is 1260. The normalized spacial score (nSPS) is 13.2. The van der Waals surface area contributed by atoms with Crippen LogP contribution >= 0.6 is 0 Å². The molecular weight excluding hydrogens is 424 g/mol. The third-order valence-electron chi connectivity index (χ3n) is 4.93. The van der Waals surface area contributed by atoms with Crippen molar-refractivity contribution < 1.29 is 9.53 Å². The summed E-state index contributed by atoms with van der Waals surface area (Å²) in [5, 5.41) is 18.7. The molecule has 1 saturated carbocycles. The number of methoxy groups -OCH3 is 1. The number of nitrogens with one attached hydrogen (secondary N) is 3. The van der Waals surface area contributed by atoms with Gasteiger partial charge in [0.25, 0.3) is 0 Å². The minimum Gasteiger partial charge on any atom is -0.494 e. The van der Waals surface area contributed by atoms with Crippen LogP contribution in [0.1, 0.15) is 18.5 Å². The highest BCUT2D eigenvalue weighted by molar-refractivity contribution is 6.03. The first-order chi connectivity index (χ1) is 16.0. The van der Waals surface area contributed by atoms with Crippen molar-refractivity contribution in [1.29, 1.82) is 0 Å². The number of aliphatic imine (C=N–C) groups is 1. The second-order valence-corrected chi connectivity index (χ2v) is 7.30. The Morgan fingerprint density at radius 3 is 2.76 bits per heavy atom. The van der Waals surface area contributed by atoms with Crippen molar-refractivity contribution >= 4 is 28.9 Å². The van der Waals surface area contributed by atoms with Gasteiger partial charge in [-0.3, -0.25) is 14.5 Å². The molecular formula is C21H22N10O2. The number of hydrogen-bond acceptors (Lipinski definition) is 8. The molecule has 0 saturated heterocycles. The van der Waals surface area contributed by atoms with Crippen LogP contribution in [0.2, 0.25) is 0 Å². The van der Waals surface area contributed by atoms with Gasteiger partial charge in [-0.25, -0.2) is 4.98 Å². The van der Waals surface area contributed by atoms with Gasteiger partial charge < -0.3 is 15.4 Å². The molecule has 2 heterocycles. The van der Waals surface area contributed by atoms with Gasteiger partial charge in [0, 0.05) is 26.1 Å². The molecule has 1 aromatic carbocycles. The molecule has 3 aromatic rings. The summed E-state index contributed by atoms with van der Waals surface area (Å²) in [6.07, 6.45) is 3.35. The summed E-state index contributed by atoms with van der Waals surface area (Å²) >= 11 is 0. The third kappa shape index (κ3) is 4.72. The van der Waals surface area contributed by atoms with Crippen molar-refractivity contribution in [2.75, 3.05) is 24.8 Å². The molecule has 0 aliphatic heterocycles. The Morgan fingerprint density at radius 1 is 1.30 bits per heavy atom. The maximum atomic E-state index is 12.2. The van der Waals surface area contributed by atoms with E-state index in [4.69, 9.17) is 11.3 Å². The molecule has 2 aromatic heterocycles. The summed E-state index contributed by atoms with van der Waals surface area (Å²) in [6.45, 7) is 7.13. The highest BCUT2D eigenvalue weighted by atomic mass is 16.5. The van der Waals surface area contributed by atoms with Crippen LogP contribution in [0.4, 0.5) is 17.2 Å². The van der Waals surface area contributed by atoms with Gasteiger partial charge in [-0.05, 0) is 25.0 Å². The summed E-state index contributed by atoms with van der Waals surface area (Å²) in [7, 11) is 4.88. The smallest absolute Gasteiger partial charge is 0.228 e. The lowest BCUT2D eigenvalue weighted by Gasteiger charge is -2.16. The Hall–Kier alpha value is -4.53. The zero-order valence-corrected chi connectivity index (χ0v) is 18.3. The molecule has 1 amide bonds. The van der Waals surface area contributed by atoms with E-state index in [2.05, 4.69) is 46.3 Å². The topological polar surface area (TPSA) is 136 Å². The fourth-order valence-electron chi connectivity index (χ4n) is 3.20. The van der Waals surface area contributed by atoms with E-state index in [-0.39, 0.29) is 23.5 Å². The van der Waals surface area contributed by atoms with Crippen LogP contribution < -0.4 is 20.8 Å². The fourth-order valence-corrected chi connectivity index (χ4v) is 3.20. The largest absolute Gasteiger partial charge is 0.494 e. The number of aromatic nitrogens is 5. The van der Waals surface area contributed by atoms with Gasteiger partial charge in [0.15, 0.2) is 23.1 Å². The molecule has 0 radical (unpaired) electrons. The number of aryl methyl sites for hydroxylation is 1. The Morgan fingerprint density at radius 2 is 2.12 bits per heavy atom. The molecule has 0 unspecified atom stereocenters. The molecule has 0 bridgehead atoms. The summed E-state index contributed by atoms with van der Waals surface area (Å²) in [6, 6.07) is 7.16. The van der Waals surface area contributed by atoms with E-state index < -0.39 is 0 Å². The second-order valence-electron chi connectivity index (χ2n) is 7.30. The quantitative estimate of drug-likeness (QED) is 0.217. The number of benzene rings is 1. The van der Waals surface area contributed by atoms with E-state index in [1.165, 1.54) is 7.05 Å². The van der Waals surface area contributed by atoms with Crippen LogP contribution in [0.15, 0.2) is 35.6 Å². The Balaban J connectivity index is 1.75.